The van der Waals surface area contributed by atoms with Gasteiger partial charge in [0.2, 0.25) is 12.2 Å². The lowest BCUT2D eigenvalue weighted by Crippen LogP contribution is -2.51. The van der Waals surface area contributed by atoms with E-state index in [1.54, 1.807) is 0 Å². The molecule has 0 saturated carbocycles. The molecule has 34 heavy (non-hydrogen) atoms. The number of carbonyl (C=O) groups excluding carboxylic acids is 4. The van der Waals surface area contributed by atoms with Crippen molar-refractivity contribution in [1.29, 1.82) is 0 Å². The average molecular weight is 486 g/mol. The summed E-state index contributed by atoms with van der Waals surface area (Å²) in [6.45, 7) is 4.79. The van der Waals surface area contributed by atoms with Crippen LogP contribution < -0.4 is 16.8 Å². The molecule has 0 fully saturated rings. The molecule has 0 bridgehead atoms. The second-order valence-corrected chi connectivity index (χ2v) is 8.59. The minimum Gasteiger partial charge on any atom is -0.450 e. The Hall–Kier alpha value is -2.00. The van der Waals surface area contributed by atoms with Crippen LogP contribution in [0.15, 0.2) is 0 Å². The van der Waals surface area contributed by atoms with Crippen molar-refractivity contribution < 1.29 is 28.7 Å². The van der Waals surface area contributed by atoms with Gasteiger partial charge in [-0.15, -0.1) is 0 Å². The maximum Gasteiger partial charge on any atom is 0.306 e. The zero-order chi connectivity index (χ0) is 25.6. The number of hydrogen-bond acceptors (Lipinski definition) is 8. The predicted octanol–water partition coefficient (Wildman–Crippen LogP) is 2.91. The van der Waals surface area contributed by atoms with Crippen molar-refractivity contribution in [2.24, 2.45) is 11.5 Å². The number of ether oxygens (including phenoxy) is 2. The molecule has 0 aromatic carbocycles. The van der Waals surface area contributed by atoms with E-state index in [9.17, 15) is 19.2 Å². The molecule has 0 aromatic heterocycles. The summed E-state index contributed by atoms with van der Waals surface area (Å²) in [5, 5.41) is 2.54. The lowest BCUT2D eigenvalue weighted by Gasteiger charge is -2.25. The van der Waals surface area contributed by atoms with Crippen LogP contribution in [-0.2, 0) is 28.7 Å². The van der Waals surface area contributed by atoms with Crippen molar-refractivity contribution >= 4 is 23.6 Å². The van der Waals surface area contributed by atoms with Crippen molar-refractivity contribution in [2.45, 2.75) is 116 Å². The molecule has 198 valence electrons. The van der Waals surface area contributed by atoms with E-state index >= 15 is 0 Å². The van der Waals surface area contributed by atoms with Crippen molar-refractivity contribution in [3.8, 4) is 0 Å². The van der Waals surface area contributed by atoms with E-state index in [2.05, 4.69) is 19.2 Å². The zero-order valence-electron chi connectivity index (χ0n) is 21.3. The third-order valence-electron chi connectivity index (χ3n) is 5.41. The molecule has 0 aromatic rings. The highest BCUT2D eigenvalue weighted by Gasteiger charge is 2.39. The number of rotatable bonds is 22. The molecular weight excluding hydrogens is 438 g/mol. The molecule has 0 rings (SSSR count). The first-order valence-electron chi connectivity index (χ1n) is 13.0. The monoisotopic (exact) mass is 485 g/mol. The predicted molar refractivity (Wildman–Crippen MR) is 132 cm³/mol. The van der Waals surface area contributed by atoms with Crippen molar-refractivity contribution in [3.05, 3.63) is 0 Å². The molecule has 0 heterocycles. The molecule has 2 atom stereocenters. The first-order valence-corrected chi connectivity index (χ1v) is 13.0. The van der Waals surface area contributed by atoms with Crippen LogP contribution in [0.2, 0.25) is 0 Å². The van der Waals surface area contributed by atoms with Gasteiger partial charge in [0, 0.05) is 32.4 Å². The maximum absolute atomic E-state index is 12.9. The summed E-state index contributed by atoms with van der Waals surface area (Å²) in [7, 11) is 0. The van der Waals surface area contributed by atoms with Crippen LogP contribution in [0, 0.1) is 0 Å². The van der Waals surface area contributed by atoms with Crippen molar-refractivity contribution in [3.63, 3.8) is 0 Å². The Morgan fingerprint density at radius 1 is 0.647 bits per heavy atom. The third-order valence-corrected chi connectivity index (χ3v) is 5.41. The number of nitrogens with one attached hydrogen (secondary N) is 1. The largest absolute Gasteiger partial charge is 0.450 e. The van der Waals surface area contributed by atoms with E-state index in [1.165, 1.54) is 0 Å². The molecule has 0 aliphatic carbocycles. The lowest BCUT2D eigenvalue weighted by molar-refractivity contribution is -0.176. The van der Waals surface area contributed by atoms with Crippen LogP contribution in [0.1, 0.15) is 104 Å². The van der Waals surface area contributed by atoms with E-state index in [1.807, 2.05) is 0 Å². The SMILES string of the molecule is CCCCCCCC(=O)O[C@@H](C(=O)CCCN)[C@@H](OC(=O)CCCCCCC)C(=O)NCCN. The summed E-state index contributed by atoms with van der Waals surface area (Å²) >= 11 is 0. The van der Waals surface area contributed by atoms with E-state index in [-0.39, 0.29) is 38.9 Å². The number of esters is 2. The van der Waals surface area contributed by atoms with Gasteiger partial charge in [0.05, 0.1) is 0 Å². The van der Waals surface area contributed by atoms with Gasteiger partial charge in [0.25, 0.3) is 5.91 Å². The molecule has 5 N–H and O–H groups in total. The fraction of sp³-hybridized carbons (Fsp3) is 0.840. The summed E-state index contributed by atoms with van der Waals surface area (Å²) < 4.78 is 10.9. The van der Waals surface area contributed by atoms with Crippen LogP contribution in [0.3, 0.4) is 0 Å². The minimum atomic E-state index is -1.55. The molecule has 0 aliphatic heterocycles. The quantitative estimate of drug-likeness (QED) is 0.156. The smallest absolute Gasteiger partial charge is 0.306 e. The number of Topliss-reactive ketones (excluding diaryl/α,β-unsaturated/α-hetero) is 1. The van der Waals surface area contributed by atoms with Crippen LogP contribution in [0.25, 0.3) is 0 Å². The van der Waals surface area contributed by atoms with E-state index < -0.39 is 35.8 Å². The standard InChI is InChI=1S/C25H47N3O6/c1-3-5-7-9-11-15-21(30)33-23(20(29)14-13-17-26)24(25(32)28-19-18-27)34-22(31)16-12-10-8-6-4-2/h23-24H,3-19,26-27H2,1-2H3,(H,28,32)/t23-,24+/m0/s1. The summed E-state index contributed by atoms with van der Waals surface area (Å²) in [4.78, 5) is 50.6. The highest BCUT2D eigenvalue weighted by atomic mass is 16.6. The normalized spacial score (nSPS) is 12.6. The molecule has 9 heteroatoms. The molecule has 0 spiro atoms. The van der Waals surface area contributed by atoms with Gasteiger partial charge in [-0.1, -0.05) is 65.2 Å². The van der Waals surface area contributed by atoms with Gasteiger partial charge in [0.15, 0.2) is 5.78 Å². The van der Waals surface area contributed by atoms with Crippen molar-refractivity contribution in [2.75, 3.05) is 19.6 Å². The third kappa shape index (κ3) is 15.8. The average Bonchev–Trinajstić information content (AvgIpc) is 2.82. The summed E-state index contributed by atoms with van der Waals surface area (Å²) in [6.07, 6.45) is 6.97. The lowest BCUT2D eigenvalue weighted by atomic mass is 10.0. The van der Waals surface area contributed by atoms with Gasteiger partial charge in [-0.05, 0) is 25.8 Å². The number of nitrogens with two attached hydrogens (primary N) is 2. The second-order valence-electron chi connectivity index (χ2n) is 8.59. The molecular formula is C25H47N3O6. The first kappa shape index (κ1) is 32.0. The zero-order valence-corrected chi connectivity index (χ0v) is 21.3. The summed E-state index contributed by atoms with van der Waals surface area (Å²) in [5.74, 6) is -2.38. The van der Waals surface area contributed by atoms with Crippen LogP contribution >= 0.6 is 0 Å². The van der Waals surface area contributed by atoms with Crippen molar-refractivity contribution in [1.82, 2.24) is 5.32 Å². The summed E-state index contributed by atoms with van der Waals surface area (Å²) in [5.41, 5.74) is 11.0. The van der Waals surface area contributed by atoms with E-state index in [4.69, 9.17) is 20.9 Å². The molecule has 9 nitrogen and oxygen atoms in total. The second kappa shape index (κ2) is 21.5. The summed E-state index contributed by atoms with van der Waals surface area (Å²) in [6, 6.07) is 0. The maximum atomic E-state index is 12.9. The van der Waals surface area contributed by atoms with Gasteiger partial charge in [0.1, 0.15) is 0 Å². The van der Waals surface area contributed by atoms with E-state index in [0.717, 1.165) is 51.4 Å². The minimum absolute atomic E-state index is 0.0141. The Kier molecular flexibility index (Phi) is 20.3. The fourth-order valence-corrected chi connectivity index (χ4v) is 3.41. The topological polar surface area (TPSA) is 151 Å². The fourth-order valence-electron chi connectivity index (χ4n) is 3.41. The molecule has 1 amide bonds. The Bertz CT molecular complexity index is 535. The molecule has 0 aliphatic rings. The Labute approximate surface area is 205 Å². The number of ketones is 1. The molecule has 0 saturated heterocycles. The Morgan fingerprint density at radius 3 is 1.62 bits per heavy atom. The number of amides is 1. The molecule has 0 radical (unpaired) electrons. The van der Waals surface area contributed by atoms with Crippen LogP contribution in [-0.4, -0.2) is 55.5 Å². The first-order chi connectivity index (χ1) is 16.4. The van der Waals surface area contributed by atoms with E-state index in [0.29, 0.717) is 19.3 Å². The van der Waals surface area contributed by atoms with Gasteiger partial charge in [-0.2, -0.15) is 0 Å². The number of unbranched alkanes of at least 4 members (excludes halogenated alkanes) is 8. The van der Waals surface area contributed by atoms with Crippen LogP contribution in [0.5, 0.6) is 0 Å². The Morgan fingerprint density at radius 2 is 1.15 bits per heavy atom. The highest BCUT2D eigenvalue weighted by molar-refractivity contribution is 5.94. The van der Waals surface area contributed by atoms with Crippen LogP contribution in [0.4, 0.5) is 0 Å². The van der Waals surface area contributed by atoms with Gasteiger partial charge < -0.3 is 26.3 Å². The number of carbonyl (C=O) groups is 4. The number of hydrogen-bond donors (Lipinski definition) is 3. The Balaban J connectivity index is 5.30. The highest BCUT2D eigenvalue weighted by Crippen LogP contribution is 2.15. The van der Waals surface area contributed by atoms with Gasteiger partial charge in [-0.25, -0.2) is 0 Å². The van der Waals surface area contributed by atoms with Gasteiger partial charge >= 0.3 is 11.9 Å². The molecule has 0 unspecified atom stereocenters. The van der Waals surface area contributed by atoms with Gasteiger partial charge in [-0.3, -0.25) is 19.2 Å².